The number of rotatable bonds is 4. The van der Waals surface area contributed by atoms with E-state index in [1.54, 1.807) is 12.4 Å². The first-order valence-electron chi connectivity index (χ1n) is 5.97. The molecule has 0 aliphatic rings. The summed E-state index contributed by atoms with van der Waals surface area (Å²) in [6.07, 6.45) is 5.26. The molecule has 1 unspecified atom stereocenters. The zero-order chi connectivity index (χ0) is 12.3. The van der Waals surface area contributed by atoms with Crippen LogP contribution in [0.4, 0.5) is 0 Å². The van der Waals surface area contributed by atoms with Gasteiger partial charge < -0.3 is 0 Å². The molecule has 0 spiro atoms. The Labute approximate surface area is 101 Å². The van der Waals surface area contributed by atoms with E-state index in [1.165, 1.54) is 0 Å². The number of carbonyl (C=O) groups is 1. The van der Waals surface area contributed by atoms with Crippen LogP contribution in [0.2, 0.25) is 0 Å². The molecule has 0 radical (unpaired) electrons. The first-order chi connectivity index (χ1) is 8.22. The lowest BCUT2D eigenvalue weighted by Crippen LogP contribution is -2.11. The summed E-state index contributed by atoms with van der Waals surface area (Å²) in [5.41, 5.74) is 2.34. The molecule has 0 aliphatic heterocycles. The fourth-order valence-electron chi connectivity index (χ4n) is 1.97. The van der Waals surface area contributed by atoms with Gasteiger partial charge in [-0.1, -0.05) is 20.3 Å². The van der Waals surface area contributed by atoms with Gasteiger partial charge in [0.1, 0.15) is 0 Å². The summed E-state index contributed by atoms with van der Waals surface area (Å²) in [6.45, 7) is 4.07. The molecule has 3 heteroatoms. The Kier molecular flexibility index (Phi) is 3.47. The molecule has 0 saturated heterocycles. The van der Waals surface area contributed by atoms with Crippen LogP contribution >= 0.6 is 0 Å². The molecule has 88 valence electrons. The Balaban J connectivity index is 2.33. The molecule has 0 fully saturated rings. The summed E-state index contributed by atoms with van der Waals surface area (Å²) in [4.78, 5) is 20.5. The van der Waals surface area contributed by atoms with Crippen LogP contribution in [-0.2, 0) is 0 Å². The summed E-state index contributed by atoms with van der Waals surface area (Å²) >= 11 is 0. The summed E-state index contributed by atoms with van der Waals surface area (Å²) in [6, 6.07) is 5.52. The van der Waals surface area contributed by atoms with Gasteiger partial charge in [-0.25, -0.2) is 0 Å². The molecule has 0 saturated carbocycles. The first kappa shape index (κ1) is 11.7. The van der Waals surface area contributed by atoms with Crippen molar-refractivity contribution in [2.45, 2.75) is 26.7 Å². The number of nitrogens with zero attached hydrogens (tertiary/aromatic N) is 2. The molecule has 2 aromatic rings. The highest BCUT2D eigenvalue weighted by molar-refractivity contribution is 6.00. The summed E-state index contributed by atoms with van der Waals surface area (Å²) in [7, 11) is 0. The third-order valence-corrected chi connectivity index (χ3v) is 2.92. The Morgan fingerprint density at radius 3 is 2.65 bits per heavy atom. The maximum Gasteiger partial charge on any atom is 0.165 e. The van der Waals surface area contributed by atoms with E-state index in [-0.39, 0.29) is 11.7 Å². The molecule has 1 aromatic carbocycles. The van der Waals surface area contributed by atoms with E-state index in [4.69, 9.17) is 0 Å². The molecule has 1 atom stereocenters. The maximum absolute atomic E-state index is 12.1. The van der Waals surface area contributed by atoms with Gasteiger partial charge in [0.15, 0.2) is 5.78 Å². The van der Waals surface area contributed by atoms with Crippen molar-refractivity contribution < 1.29 is 4.79 Å². The highest BCUT2D eigenvalue weighted by Crippen LogP contribution is 2.17. The lowest BCUT2D eigenvalue weighted by Gasteiger charge is -2.09. The van der Waals surface area contributed by atoms with Crippen LogP contribution in [-0.4, -0.2) is 15.8 Å². The number of carbonyl (C=O) groups excluding carboxylic acids is 1. The van der Waals surface area contributed by atoms with E-state index >= 15 is 0 Å². The number of hydrogen-bond acceptors (Lipinski definition) is 3. The number of Topliss-reactive ketones (excluding diaryl/α,β-unsaturated/α-hetero) is 1. The average Bonchev–Trinajstić information content (AvgIpc) is 2.37. The van der Waals surface area contributed by atoms with Gasteiger partial charge in [-0.3, -0.25) is 14.8 Å². The second-order valence-corrected chi connectivity index (χ2v) is 4.31. The molecule has 1 heterocycles. The topological polar surface area (TPSA) is 42.9 Å². The van der Waals surface area contributed by atoms with Crippen molar-refractivity contribution in [2.24, 2.45) is 5.92 Å². The van der Waals surface area contributed by atoms with Crippen molar-refractivity contribution in [1.29, 1.82) is 0 Å². The summed E-state index contributed by atoms with van der Waals surface area (Å²) < 4.78 is 0. The zero-order valence-electron chi connectivity index (χ0n) is 10.2. The van der Waals surface area contributed by atoms with Gasteiger partial charge in [0, 0.05) is 23.9 Å². The van der Waals surface area contributed by atoms with Gasteiger partial charge in [0.05, 0.1) is 11.0 Å². The fraction of sp³-hybridized carbons (Fsp3) is 0.357. The molecule has 0 aliphatic carbocycles. The average molecular weight is 228 g/mol. The van der Waals surface area contributed by atoms with Crippen molar-refractivity contribution in [3.63, 3.8) is 0 Å². The van der Waals surface area contributed by atoms with Crippen LogP contribution in [0.3, 0.4) is 0 Å². The highest BCUT2D eigenvalue weighted by atomic mass is 16.1. The number of hydrogen-bond donors (Lipinski definition) is 0. The summed E-state index contributed by atoms with van der Waals surface area (Å²) in [5, 5.41) is 0. The van der Waals surface area contributed by atoms with Crippen molar-refractivity contribution >= 4 is 16.8 Å². The van der Waals surface area contributed by atoms with Gasteiger partial charge in [-0.05, 0) is 24.6 Å². The van der Waals surface area contributed by atoms with E-state index in [0.29, 0.717) is 0 Å². The van der Waals surface area contributed by atoms with E-state index in [1.807, 2.05) is 25.1 Å². The van der Waals surface area contributed by atoms with Crippen molar-refractivity contribution in [2.75, 3.05) is 0 Å². The normalized spacial score (nSPS) is 12.6. The van der Waals surface area contributed by atoms with Crippen LogP contribution in [0, 0.1) is 5.92 Å². The Bertz CT molecular complexity index is 536. The molecular weight excluding hydrogens is 212 g/mol. The number of benzene rings is 1. The molecule has 17 heavy (non-hydrogen) atoms. The van der Waals surface area contributed by atoms with Crippen LogP contribution in [0.5, 0.6) is 0 Å². The highest BCUT2D eigenvalue weighted by Gasteiger charge is 2.14. The lowest BCUT2D eigenvalue weighted by atomic mass is 9.95. The minimum atomic E-state index is 0.0779. The number of ketones is 1. The lowest BCUT2D eigenvalue weighted by molar-refractivity contribution is 0.0923. The first-order valence-corrected chi connectivity index (χ1v) is 5.97. The molecular formula is C14H16N2O. The van der Waals surface area contributed by atoms with Gasteiger partial charge in [0.2, 0.25) is 0 Å². The molecule has 0 amide bonds. The van der Waals surface area contributed by atoms with Crippen LogP contribution in [0.25, 0.3) is 11.0 Å². The zero-order valence-corrected chi connectivity index (χ0v) is 10.2. The van der Waals surface area contributed by atoms with Crippen molar-refractivity contribution in [3.8, 4) is 0 Å². The molecule has 1 aromatic heterocycles. The third kappa shape index (κ3) is 2.49. The Morgan fingerprint density at radius 2 is 1.94 bits per heavy atom. The molecule has 0 bridgehead atoms. The molecule has 2 rings (SSSR count). The predicted octanol–water partition coefficient (Wildman–Crippen LogP) is 3.25. The summed E-state index contributed by atoms with van der Waals surface area (Å²) in [5.74, 6) is 0.272. The Hall–Kier alpha value is -1.77. The maximum atomic E-state index is 12.1. The number of aromatic nitrogens is 2. The third-order valence-electron chi connectivity index (χ3n) is 2.92. The minimum absolute atomic E-state index is 0.0779. The van der Waals surface area contributed by atoms with E-state index in [0.717, 1.165) is 29.4 Å². The van der Waals surface area contributed by atoms with Crippen molar-refractivity contribution in [3.05, 3.63) is 36.2 Å². The Morgan fingerprint density at radius 1 is 1.24 bits per heavy atom. The standard InChI is InChI=1S/C14H16N2O/c1-3-4-10(2)14(17)11-5-6-12-13(9-11)16-8-7-15-12/h5-10H,3-4H2,1-2H3. The monoisotopic (exact) mass is 228 g/mol. The van der Waals surface area contributed by atoms with Crippen LogP contribution in [0.1, 0.15) is 37.0 Å². The van der Waals surface area contributed by atoms with E-state index < -0.39 is 0 Å². The second-order valence-electron chi connectivity index (χ2n) is 4.31. The van der Waals surface area contributed by atoms with Gasteiger partial charge in [-0.15, -0.1) is 0 Å². The van der Waals surface area contributed by atoms with Gasteiger partial charge in [-0.2, -0.15) is 0 Å². The number of fused-ring (bicyclic) bond motifs is 1. The largest absolute Gasteiger partial charge is 0.294 e. The quantitative estimate of drug-likeness (QED) is 0.754. The van der Waals surface area contributed by atoms with Crippen molar-refractivity contribution in [1.82, 2.24) is 9.97 Å². The second kappa shape index (κ2) is 5.04. The van der Waals surface area contributed by atoms with E-state index in [2.05, 4.69) is 16.9 Å². The minimum Gasteiger partial charge on any atom is -0.294 e. The van der Waals surface area contributed by atoms with Crippen LogP contribution in [0.15, 0.2) is 30.6 Å². The SMILES string of the molecule is CCCC(C)C(=O)c1ccc2nccnc2c1. The predicted molar refractivity (Wildman–Crippen MR) is 67.9 cm³/mol. The van der Waals surface area contributed by atoms with Gasteiger partial charge in [0.25, 0.3) is 0 Å². The van der Waals surface area contributed by atoms with Crippen LogP contribution < -0.4 is 0 Å². The fourth-order valence-corrected chi connectivity index (χ4v) is 1.97. The van der Waals surface area contributed by atoms with E-state index in [9.17, 15) is 4.79 Å². The molecule has 0 N–H and O–H groups in total. The molecule has 3 nitrogen and oxygen atoms in total. The smallest absolute Gasteiger partial charge is 0.165 e. The van der Waals surface area contributed by atoms with Gasteiger partial charge >= 0.3 is 0 Å².